The predicted molar refractivity (Wildman–Crippen MR) is 68.6 cm³/mol. The third-order valence-corrected chi connectivity index (χ3v) is 2.88. The number of aliphatic hydroxyl groups excluding tert-OH is 2. The average molecular weight is 228 g/mol. The second kappa shape index (κ2) is 5.62. The molecule has 2 nitrogen and oxygen atoms in total. The maximum absolute atomic E-state index is 9.35. The van der Waals surface area contributed by atoms with Crippen LogP contribution in [0.25, 0.3) is 11.1 Å². The highest BCUT2D eigenvalue weighted by molar-refractivity contribution is 5.70. The van der Waals surface area contributed by atoms with E-state index < -0.39 is 0 Å². The van der Waals surface area contributed by atoms with E-state index in [4.69, 9.17) is 5.11 Å². The lowest BCUT2D eigenvalue weighted by Crippen LogP contribution is -1.96. The van der Waals surface area contributed by atoms with Crippen LogP contribution < -0.4 is 0 Å². The van der Waals surface area contributed by atoms with E-state index in [9.17, 15) is 5.11 Å². The van der Waals surface area contributed by atoms with E-state index in [-0.39, 0.29) is 13.2 Å². The second-order valence-corrected chi connectivity index (χ2v) is 3.95. The molecule has 0 saturated carbocycles. The normalized spacial score (nSPS) is 10.5. The monoisotopic (exact) mass is 228 g/mol. The Morgan fingerprint density at radius 1 is 0.706 bits per heavy atom. The summed E-state index contributed by atoms with van der Waals surface area (Å²) in [6.07, 6.45) is 0.635. The SMILES string of the molecule is OCCc1ccccc1-c1ccccc1CO. The standard InChI is InChI=1S/C15H16O2/c16-10-9-12-5-1-3-7-14(12)15-8-4-2-6-13(15)11-17/h1-8,16-17H,9-11H2. The fourth-order valence-corrected chi connectivity index (χ4v) is 2.04. The van der Waals surface area contributed by atoms with Crippen LogP contribution in [-0.2, 0) is 13.0 Å². The summed E-state index contributed by atoms with van der Waals surface area (Å²) in [6.45, 7) is 0.169. The van der Waals surface area contributed by atoms with Crippen molar-refractivity contribution in [1.82, 2.24) is 0 Å². The van der Waals surface area contributed by atoms with Crippen molar-refractivity contribution in [3.8, 4) is 11.1 Å². The molecule has 0 bridgehead atoms. The van der Waals surface area contributed by atoms with Gasteiger partial charge in [0.05, 0.1) is 6.61 Å². The predicted octanol–water partition coefficient (Wildman–Crippen LogP) is 2.38. The van der Waals surface area contributed by atoms with Crippen molar-refractivity contribution in [2.75, 3.05) is 6.61 Å². The van der Waals surface area contributed by atoms with Crippen LogP contribution >= 0.6 is 0 Å². The molecular weight excluding hydrogens is 212 g/mol. The van der Waals surface area contributed by atoms with Crippen molar-refractivity contribution in [3.05, 3.63) is 59.7 Å². The molecular formula is C15H16O2. The molecule has 0 amide bonds. The summed E-state index contributed by atoms with van der Waals surface area (Å²) < 4.78 is 0. The fourth-order valence-electron chi connectivity index (χ4n) is 2.04. The van der Waals surface area contributed by atoms with Gasteiger partial charge in [-0.05, 0) is 28.7 Å². The molecule has 2 heteroatoms. The highest BCUT2D eigenvalue weighted by atomic mass is 16.3. The molecule has 0 spiro atoms. The Hall–Kier alpha value is -1.64. The minimum absolute atomic E-state index is 0.0314. The molecule has 0 radical (unpaired) electrons. The van der Waals surface area contributed by atoms with Gasteiger partial charge < -0.3 is 10.2 Å². The van der Waals surface area contributed by atoms with E-state index in [1.807, 2.05) is 48.5 Å². The smallest absolute Gasteiger partial charge is 0.0687 e. The number of benzene rings is 2. The Morgan fingerprint density at radius 3 is 1.82 bits per heavy atom. The highest BCUT2D eigenvalue weighted by Crippen LogP contribution is 2.27. The zero-order valence-electron chi connectivity index (χ0n) is 9.63. The topological polar surface area (TPSA) is 40.5 Å². The fraction of sp³-hybridized carbons (Fsp3) is 0.200. The Bertz CT molecular complexity index is 492. The quantitative estimate of drug-likeness (QED) is 0.843. The van der Waals surface area contributed by atoms with Crippen LogP contribution in [0.15, 0.2) is 48.5 Å². The third kappa shape index (κ3) is 2.54. The summed E-state index contributed by atoms with van der Waals surface area (Å²) in [5.41, 5.74) is 4.15. The van der Waals surface area contributed by atoms with Crippen LogP contribution in [0.1, 0.15) is 11.1 Å². The van der Waals surface area contributed by atoms with E-state index >= 15 is 0 Å². The average Bonchev–Trinajstić information content (AvgIpc) is 2.40. The first-order valence-corrected chi connectivity index (χ1v) is 5.74. The minimum atomic E-state index is 0.0314. The summed E-state index contributed by atoms with van der Waals surface area (Å²) in [4.78, 5) is 0. The lowest BCUT2D eigenvalue weighted by atomic mass is 9.94. The molecule has 2 aromatic carbocycles. The molecule has 0 fully saturated rings. The molecule has 17 heavy (non-hydrogen) atoms. The van der Waals surface area contributed by atoms with Crippen LogP contribution in [0.2, 0.25) is 0 Å². The largest absolute Gasteiger partial charge is 0.396 e. The van der Waals surface area contributed by atoms with Gasteiger partial charge in [-0.1, -0.05) is 48.5 Å². The lowest BCUT2D eigenvalue weighted by Gasteiger charge is -2.11. The first-order chi connectivity index (χ1) is 8.36. The van der Waals surface area contributed by atoms with Gasteiger partial charge >= 0.3 is 0 Å². The molecule has 0 atom stereocenters. The first kappa shape index (κ1) is 11.8. The van der Waals surface area contributed by atoms with E-state index in [0.29, 0.717) is 6.42 Å². The van der Waals surface area contributed by atoms with Crippen molar-refractivity contribution in [3.63, 3.8) is 0 Å². The lowest BCUT2D eigenvalue weighted by molar-refractivity contribution is 0.282. The number of hydrogen-bond donors (Lipinski definition) is 2. The van der Waals surface area contributed by atoms with Gasteiger partial charge in [-0.3, -0.25) is 0 Å². The van der Waals surface area contributed by atoms with E-state index in [0.717, 1.165) is 22.3 Å². The maximum atomic E-state index is 9.35. The molecule has 2 N–H and O–H groups in total. The summed E-state index contributed by atoms with van der Waals surface area (Å²) in [5.74, 6) is 0. The maximum Gasteiger partial charge on any atom is 0.0687 e. The summed E-state index contributed by atoms with van der Waals surface area (Å²) in [5, 5.41) is 18.4. The first-order valence-electron chi connectivity index (χ1n) is 5.74. The Balaban J connectivity index is 2.52. The third-order valence-electron chi connectivity index (χ3n) is 2.88. The Morgan fingerprint density at radius 2 is 1.24 bits per heavy atom. The van der Waals surface area contributed by atoms with Crippen LogP contribution in [-0.4, -0.2) is 16.8 Å². The Kier molecular flexibility index (Phi) is 3.91. The minimum Gasteiger partial charge on any atom is -0.396 e. The number of rotatable bonds is 4. The van der Waals surface area contributed by atoms with Gasteiger partial charge in [-0.2, -0.15) is 0 Å². The van der Waals surface area contributed by atoms with Crippen molar-refractivity contribution >= 4 is 0 Å². The van der Waals surface area contributed by atoms with Gasteiger partial charge in [0.25, 0.3) is 0 Å². The van der Waals surface area contributed by atoms with Crippen molar-refractivity contribution < 1.29 is 10.2 Å². The van der Waals surface area contributed by atoms with Gasteiger partial charge in [-0.25, -0.2) is 0 Å². The van der Waals surface area contributed by atoms with Gasteiger partial charge in [0, 0.05) is 6.61 Å². The van der Waals surface area contributed by atoms with E-state index in [1.165, 1.54) is 0 Å². The summed E-state index contributed by atoms with van der Waals surface area (Å²) >= 11 is 0. The molecule has 0 aliphatic rings. The molecule has 0 saturated heterocycles. The van der Waals surface area contributed by atoms with Crippen LogP contribution in [0.3, 0.4) is 0 Å². The van der Waals surface area contributed by atoms with Gasteiger partial charge in [0.2, 0.25) is 0 Å². The molecule has 2 aromatic rings. The summed E-state index contributed by atoms with van der Waals surface area (Å²) in [6, 6.07) is 15.8. The van der Waals surface area contributed by atoms with Crippen molar-refractivity contribution in [2.45, 2.75) is 13.0 Å². The van der Waals surface area contributed by atoms with Crippen molar-refractivity contribution in [1.29, 1.82) is 0 Å². The zero-order chi connectivity index (χ0) is 12.1. The second-order valence-electron chi connectivity index (χ2n) is 3.95. The number of aliphatic hydroxyl groups is 2. The molecule has 0 unspecified atom stereocenters. The van der Waals surface area contributed by atoms with E-state index in [2.05, 4.69) is 0 Å². The molecule has 0 aliphatic heterocycles. The molecule has 88 valence electrons. The molecule has 0 heterocycles. The molecule has 2 rings (SSSR count). The molecule has 0 aromatic heterocycles. The highest BCUT2D eigenvalue weighted by Gasteiger charge is 2.07. The van der Waals surface area contributed by atoms with Gasteiger partial charge in [-0.15, -0.1) is 0 Å². The van der Waals surface area contributed by atoms with Crippen molar-refractivity contribution in [2.24, 2.45) is 0 Å². The van der Waals surface area contributed by atoms with Gasteiger partial charge in [0.1, 0.15) is 0 Å². The Labute approximate surface area is 101 Å². The number of hydrogen-bond acceptors (Lipinski definition) is 2. The van der Waals surface area contributed by atoms with E-state index in [1.54, 1.807) is 0 Å². The molecule has 0 aliphatic carbocycles. The van der Waals surface area contributed by atoms with Gasteiger partial charge in [0.15, 0.2) is 0 Å². The summed E-state index contributed by atoms with van der Waals surface area (Å²) in [7, 11) is 0. The van der Waals surface area contributed by atoms with Crippen LogP contribution in [0.5, 0.6) is 0 Å². The zero-order valence-corrected chi connectivity index (χ0v) is 9.63. The van der Waals surface area contributed by atoms with Crippen LogP contribution in [0.4, 0.5) is 0 Å². The van der Waals surface area contributed by atoms with Crippen LogP contribution in [0, 0.1) is 0 Å².